The zero-order valence-corrected chi connectivity index (χ0v) is 26.7. The molecule has 0 radical (unpaired) electrons. The van der Waals surface area contributed by atoms with Crippen LogP contribution in [0.5, 0.6) is 0 Å². The second-order valence-corrected chi connectivity index (χ2v) is 13.5. The second-order valence-electron chi connectivity index (χ2n) is 13.5. The van der Waals surface area contributed by atoms with Gasteiger partial charge in [-0.3, -0.25) is 4.98 Å². The standard InChI is InChI=1S/C44H33N3/c1-44(2,3)31-21-23-41-38(26-31)37-25-29(20-22-40(37)47(41)32-14-5-4-6-15-32)28-12-11-13-30(24-28)39-27-45-42-35-18-9-7-16-33(35)34-17-8-10-19-36(34)43(42)46-39/h4-27H,1-3H3. The fourth-order valence-electron chi connectivity index (χ4n) is 7.14. The van der Waals surface area contributed by atoms with Crippen molar-refractivity contribution < 1.29 is 0 Å². The van der Waals surface area contributed by atoms with Crippen LogP contribution in [-0.4, -0.2) is 14.5 Å². The highest BCUT2D eigenvalue weighted by Gasteiger charge is 2.19. The summed E-state index contributed by atoms with van der Waals surface area (Å²) in [5.74, 6) is 0. The molecule has 2 aromatic heterocycles. The van der Waals surface area contributed by atoms with Crippen LogP contribution in [0, 0.1) is 0 Å². The normalized spacial score (nSPS) is 12.1. The van der Waals surface area contributed by atoms with Gasteiger partial charge in [0.15, 0.2) is 0 Å². The fraction of sp³-hybridized carbons (Fsp3) is 0.0909. The summed E-state index contributed by atoms with van der Waals surface area (Å²) in [4.78, 5) is 10.3. The third-order valence-electron chi connectivity index (χ3n) is 9.56. The summed E-state index contributed by atoms with van der Waals surface area (Å²) >= 11 is 0. The topological polar surface area (TPSA) is 30.7 Å². The van der Waals surface area contributed by atoms with E-state index >= 15 is 0 Å². The van der Waals surface area contributed by atoms with E-state index in [4.69, 9.17) is 9.97 Å². The number of aromatic nitrogens is 3. The molecule has 0 aliphatic heterocycles. The first-order valence-electron chi connectivity index (χ1n) is 16.3. The maximum atomic E-state index is 5.25. The molecule has 0 aliphatic carbocycles. The molecule has 0 bridgehead atoms. The van der Waals surface area contributed by atoms with Crippen LogP contribution < -0.4 is 0 Å². The zero-order valence-electron chi connectivity index (χ0n) is 26.7. The maximum absolute atomic E-state index is 5.25. The van der Waals surface area contributed by atoms with Gasteiger partial charge in [0.1, 0.15) is 0 Å². The highest BCUT2D eigenvalue weighted by Crippen LogP contribution is 2.38. The van der Waals surface area contributed by atoms with Gasteiger partial charge in [0.2, 0.25) is 0 Å². The van der Waals surface area contributed by atoms with Gasteiger partial charge >= 0.3 is 0 Å². The van der Waals surface area contributed by atoms with Gasteiger partial charge in [0, 0.05) is 32.8 Å². The van der Waals surface area contributed by atoms with Crippen LogP contribution >= 0.6 is 0 Å². The molecule has 47 heavy (non-hydrogen) atoms. The predicted molar refractivity (Wildman–Crippen MR) is 198 cm³/mol. The van der Waals surface area contributed by atoms with Gasteiger partial charge in [-0.15, -0.1) is 0 Å². The molecule has 3 nitrogen and oxygen atoms in total. The Kier molecular flexibility index (Phi) is 6.07. The molecule has 0 amide bonds. The number of rotatable bonds is 3. The van der Waals surface area contributed by atoms with Crippen LogP contribution in [0.3, 0.4) is 0 Å². The van der Waals surface area contributed by atoms with Crippen LogP contribution in [-0.2, 0) is 5.41 Å². The van der Waals surface area contributed by atoms with Gasteiger partial charge < -0.3 is 4.57 Å². The molecule has 3 heteroatoms. The lowest BCUT2D eigenvalue weighted by molar-refractivity contribution is 0.591. The molecule has 0 unspecified atom stereocenters. The number of para-hydroxylation sites is 1. The van der Waals surface area contributed by atoms with Crippen molar-refractivity contribution in [1.82, 2.24) is 14.5 Å². The summed E-state index contributed by atoms with van der Waals surface area (Å²) in [6, 6.07) is 50.2. The van der Waals surface area contributed by atoms with E-state index in [1.165, 1.54) is 49.4 Å². The van der Waals surface area contributed by atoms with E-state index in [1.54, 1.807) is 0 Å². The summed E-state index contributed by atoms with van der Waals surface area (Å²) in [5, 5.41) is 7.19. The molecule has 0 saturated heterocycles. The molecule has 9 rings (SSSR count). The SMILES string of the molecule is CC(C)(C)c1ccc2c(c1)c1cc(-c3cccc(-c4cnc5c6ccccc6c6ccccc6c5n4)c3)ccc1n2-c1ccccc1. The highest BCUT2D eigenvalue weighted by atomic mass is 15.0. The molecule has 0 saturated carbocycles. The van der Waals surface area contributed by atoms with E-state index in [0.29, 0.717) is 0 Å². The number of benzene rings is 7. The van der Waals surface area contributed by atoms with Crippen LogP contribution in [0.2, 0.25) is 0 Å². The Morgan fingerprint density at radius 3 is 1.79 bits per heavy atom. The average Bonchev–Trinajstić information content (AvgIpc) is 3.45. The predicted octanol–water partition coefficient (Wildman–Crippen LogP) is 11.7. The summed E-state index contributed by atoms with van der Waals surface area (Å²) in [6.45, 7) is 6.84. The fourth-order valence-corrected chi connectivity index (χ4v) is 7.14. The third-order valence-corrected chi connectivity index (χ3v) is 9.56. The Hall–Kier alpha value is -5.80. The lowest BCUT2D eigenvalue weighted by Crippen LogP contribution is -2.10. The number of hydrogen-bond acceptors (Lipinski definition) is 2. The molecule has 0 spiro atoms. The van der Waals surface area contributed by atoms with Crippen molar-refractivity contribution in [3.63, 3.8) is 0 Å². The van der Waals surface area contributed by atoms with E-state index in [-0.39, 0.29) is 5.41 Å². The third kappa shape index (κ3) is 4.42. The summed E-state index contributed by atoms with van der Waals surface area (Å²) in [7, 11) is 0. The van der Waals surface area contributed by atoms with Crippen molar-refractivity contribution in [3.8, 4) is 28.1 Å². The van der Waals surface area contributed by atoms with Crippen molar-refractivity contribution in [2.75, 3.05) is 0 Å². The molecule has 0 atom stereocenters. The minimum Gasteiger partial charge on any atom is -0.309 e. The number of fused-ring (bicyclic) bond motifs is 9. The molecular formula is C44H33N3. The van der Waals surface area contributed by atoms with Crippen molar-refractivity contribution in [3.05, 3.63) is 151 Å². The Balaban J connectivity index is 1.22. The first kappa shape index (κ1) is 27.5. The van der Waals surface area contributed by atoms with Crippen molar-refractivity contribution in [1.29, 1.82) is 0 Å². The Bertz CT molecular complexity index is 2620. The number of nitrogens with zero attached hydrogens (tertiary/aromatic N) is 3. The Morgan fingerprint density at radius 2 is 1.06 bits per heavy atom. The highest BCUT2D eigenvalue weighted by molar-refractivity contribution is 6.23. The van der Waals surface area contributed by atoms with E-state index in [9.17, 15) is 0 Å². The van der Waals surface area contributed by atoms with Gasteiger partial charge in [-0.2, -0.15) is 0 Å². The van der Waals surface area contributed by atoms with Gasteiger partial charge in [-0.05, 0) is 75.3 Å². The largest absolute Gasteiger partial charge is 0.309 e. The molecule has 0 N–H and O–H groups in total. The first-order chi connectivity index (χ1) is 22.9. The van der Waals surface area contributed by atoms with Gasteiger partial charge in [0.05, 0.1) is 34.0 Å². The lowest BCUT2D eigenvalue weighted by Gasteiger charge is -2.19. The second kappa shape index (κ2) is 10.4. The van der Waals surface area contributed by atoms with Crippen molar-refractivity contribution >= 4 is 54.4 Å². The number of hydrogen-bond donors (Lipinski definition) is 0. The lowest BCUT2D eigenvalue weighted by atomic mass is 9.86. The van der Waals surface area contributed by atoms with Crippen LogP contribution in [0.25, 0.3) is 82.5 Å². The first-order valence-corrected chi connectivity index (χ1v) is 16.3. The smallest absolute Gasteiger partial charge is 0.0979 e. The van der Waals surface area contributed by atoms with E-state index in [1.807, 2.05) is 6.20 Å². The van der Waals surface area contributed by atoms with E-state index in [2.05, 4.69) is 165 Å². The quantitative estimate of drug-likeness (QED) is 0.188. The minimum atomic E-state index is 0.0554. The molecule has 7 aromatic carbocycles. The van der Waals surface area contributed by atoms with Gasteiger partial charge in [0.25, 0.3) is 0 Å². The minimum absolute atomic E-state index is 0.0554. The Labute approximate surface area is 273 Å². The van der Waals surface area contributed by atoms with Crippen molar-refractivity contribution in [2.24, 2.45) is 0 Å². The molecule has 2 heterocycles. The Morgan fingerprint density at radius 1 is 0.468 bits per heavy atom. The van der Waals surface area contributed by atoms with E-state index in [0.717, 1.165) is 38.6 Å². The molecule has 224 valence electrons. The summed E-state index contributed by atoms with van der Waals surface area (Å²) in [6.07, 6.45) is 1.92. The summed E-state index contributed by atoms with van der Waals surface area (Å²) < 4.78 is 2.38. The van der Waals surface area contributed by atoms with Crippen molar-refractivity contribution in [2.45, 2.75) is 26.2 Å². The molecule has 0 aliphatic rings. The molecular weight excluding hydrogens is 571 g/mol. The molecule has 9 aromatic rings. The summed E-state index contributed by atoms with van der Waals surface area (Å²) in [5.41, 5.74) is 11.1. The van der Waals surface area contributed by atoms with Crippen LogP contribution in [0.15, 0.2) is 146 Å². The monoisotopic (exact) mass is 603 g/mol. The average molecular weight is 604 g/mol. The maximum Gasteiger partial charge on any atom is 0.0979 e. The van der Waals surface area contributed by atoms with Crippen LogP contribution in [0.4, 0.5) is 0 Å². The van der Waals surface area contributed by atoms with Crippen LogP contribution in [0.1, 0.15) is 26.3 Å². The molecule has 0 fully saturated rings. The van der Waals surface area contributed by atoms with Gasteiger partial charge in [-0.1, -0.05) is 118 Å². The van der Waals surface area contributed by atoms with Gasteiger partial charge in [-0.25, -0.2) is 4.98 Å². The zero-order chi connectivity index (χ0) is 31.7. The van der Waals surface area contributed by atoms with E-state index < -0.39 is 0 Å².